The topological polar surface area (TPSA) is 97.8 Å². The number of nitrogens with one attached hydrogen (secondary N) is 1. The maximum atomic E-state index is 12.2. The van der Waals surface area contributed by atoms with E-state index < -0.39 is 6.04 Å². The van der Waals surface area contributed by atoms with Crippen molar-refractivity contribution in [2.75, 3.05) is 0 Å². The first-order chi connectivity index (χ1) is 11.2. The van der Waals surface area contributed by atoms with Crippen LogP contribution in [0.15, 0.2) is 58.6 Å². The van der Waals surface area contributed by atoms with Crippen molar-refractivity contribution in [2.24, 2.45) is 5.73 Å². The van der Waals surface area contributed by atoms with E-state index in [-0.39, 0.29) is 5.12 Å². The number of nitrogens with zero attached hydrogens (tertiary/aromatic N) is 2. The summed E-state index contributed by atoms with van der Waals surface area (Å²) in [6.45, 7) is 0. The zero-order valence-electron chi connectivity index (χ0n) is 12.0. The number of aromatic amines is 1. The van der Waals surface area contributed by atoms with Gasteiger partial charge in [-0.3, -0.25) is 4.79 Å². The highest BCUT2D eigenvalue weighted by Crippen LogP contribution is 2.38. The van der Waals surface area contributed by atoms with E-state index in [2.05, 4.69) is 15.0 Å². The Morgan fingerprint density at radius 3 is 3.00 bits per heavy atom. The Balaban J connectivity index is 1.63. The molecule has 0 aliphatic rings. The maximum Gasteiger partial charge on any atom is 0.227 e. The minimum absolute atomic E-state index is 0.0909. The van der Waals surface area contributed by atoms with Crippen LogP contribution in [0.2, 0.25) is 0 Å². The van der Waals surface area contributed by atoms with E-state index in [1.54, 1.807) is 18.7 Å². The van der Waals surface area contributed by atoms with Crippen molar-refractivity contribution in [1.29, 1.82) is 0 Å². The number of H-pyrrole nitrogens is 1. The van der Waals surface area contributed by atoms with Gasteiger partial charge in [0.15, 0.2) is 0 Å². The van der Waals surface area contributed by atoms with Crippen LogP contribution in [0.1, 0.15) is 5.69 Å². The van der Waals surface area contributed by atoms with E-state index in [0.29, 0.717) is 12.3 Å². The third-order valence-corrected chi connectivity index (χ3v) is 5.43. The summed E-state index contributed by atoms with van der Waals surface area (Å²) in [4.78, 5) is 24.1. The standard InChI is InChI=1S/C15H14N4O2S2/c16-12(7-10-8-17-9-19-10)15(20)23-22-13-4-2-1-3-11(13)14-18-5-6-21-14/h1-6,8-9,12H,7,16H2,(H,17,19)/t12-/m0/s1. The Bertz CT molecular complexity index is 760. The van der Waals surface area contributed by atoms with Gasteiger partial charge < -0.3 is 15.1 Å². The van der Waals surface area contributed by atoms with E-state index >= 15 is 0 Å². The van der Waals surface area contributed by atoms with Crippen LogP contribution < -0.4 is 5.73 Å². The molecule has 1 aromatic carbocycles. The lowest BCUT2D eigenvalue weighted by molar-refractivity contribution is -0.111. The number of hydrogen-bond donors (Lipinski definition) is 2. The fraction of sp³-hybridized carbons (Fsp3) is 0.133. The molecule has 0 spiro atoms. The predicted octanol–water partition coefficient (Wildman–Crippen LogP) is 2.90. The van der Waals surface area contributed by atoms with Crippen molar-refractivity contribution in [3.05, 3.63) is 54.9 Å². The molecule has 0 unspecified atom stereocenters. The number of carbonyl (C=O) groups is 1. The number of benzene rings is 1. The molecule has 0 saturated heterocycles. The van der Waals surface area contributed by atoms with Crippen LogP contribution in [0.25, 0.3) is 11.5 Å². The molecule has 0 aliphatic heterocycles. The number of carbonyl (C=O) groups excluding carboxylic acids is 1. The Hall–Kier alpha value is -2.03. The number of aromatic nitrogens is 3. The molecule has 23 heavy (non-hydrogen) atoms. The van der Waals surface area contributed by atoms with Gasteiger partial charge in [0.25, 0.3) is 0 Å². The highest BCUT2D eigenvalue weighted by Gasteiger charge is 2.18. The second-order valence-electron chi connectivity index (χ2n) is 4.71. The molecule has 2 aromatic heterocycles. The predicted molar refractivity (Wildman–Crippen MR) is 90.7 cm³/mol. The number of nitrogens with two attached hydrogens (primary N) is 1. The second-order valence-corrected chi connectivity index (χ2v) is 6.88. The van der Waals surface area contributed by atoms with Crippen LogP contribution in [0.5, 0.6) is 0 Å². The average molecular weight is 346 g/mol. The minimum Gasteiger partial charge on any atom is -0.444 e. The van der Waals surface area contributed by atoms with Gasteiger partial charge in [0.05, 0.1) is 24.1 Å². The fourth-order valence-corrected chi connectivity index (χ4v) is 4.02. The largest absolute Gasteiger partial charge is 0.444 e. The van der Waals surface area contributed by atoms with Gasteiger partial charge in [-0.25, -0.2) is 9.97 Å². The first-order valence-corrected chi connectivity index (χ1v) is 8.99. The summed E-state index contributed by atoms with van der Waals surface area (Å²) in [6, 6.07) is 7.06. The van der Waals surface area contributed by atoms with E-state index in [0.717, 1.165) is 26.9 Å². The van der Waals surface area contributed by atoms with Crippen LogP contribution in [0.4, 0.5) is 0 Å². The highest BCUT2D eigenvalue weighted by atomic mass is 33.1. The summed E-state index contributed by atoms with van der Waals surface area (Å²) >= 11 is 0. The number of hydrogen-bond acceptors (Lipinski definition) is 7. The molecule has 6 nitrogen and oxygen atoms in total. The van der Waals surface area contributed by atoms with Gasteiger partial charge in [0.2, 0.25) is 11.0 Å². The molecule has 0 radical (unpaired) electrons. The van der Waals surface area contributed by atoms with Crippen LogP contribution in [-0.2, 0) is 11.2 Å². The van der Waals surface area contributed by atoms with Gasteiger partial charge in [-0.1, -0.05) is 12.1 Å². The van der Waals surface area contributed by atoms with E-state index in [1.165, 1.54) is 17.1 Å². The summed E-state index contributed by atoms with van der Waals surface area (Å²) in [5.74, 6) is 0.530. The lowest BCUT2D eigenvalue weighted by Crippen LogP contribution is -2.30. The van der Waals surface area contributed by atoms with Crippen LogP contribution in [0, 0.1) is 0 Å². The molecule has 3 rings (SSSR count). The van der Waals surface area contributed by atoms with Gasteiger partial charge >= 0.3 is 0 Å². The molecule has 0 fully saturated rings. The molecular formula is C15H14N4O2S2. The van der Waals surface area contributed by atoms with Gasteiger partial charge in [-0.2, -0.15) is 0 Å². The summed E-state index contributed by atoms with van der Waals surface area (Å²) in [7, 11) is 2.48. The lowest BCUT2D eigenvalue weighted by atomic mass is 10.2. The van der Waals surface area contributed by atoms with E-state index in [9.17, 15) is 4.79 Å². The van der Waals surface area contributed by atoms with Crippen LogP contribution >= 0.6 is 21.6 Å². The fourth-order valence-electron chi connectivity index (χ4n) is 1.94. The monoisotopic (exact) mass is 346 g/mol. The summed E-state index contributed by atoms with van der Waals surface area (Å²) < 4.78 is 5.33. The molecule has 8 heteroatoms. The Kier molecular flexibility index (Phi) is 5.16. The maximum absolute atomic E-state index is 12.2. The molecule has 1 atom stereocenters. The van der Waals surface area contributed by atoms with Crippen molar-refractivity contribution < 1.29 is 9.21 Å². The molecule has 0 saturated carbocycles. The van der Waals surface area contributed by atoms with Gasteiger partial charge in [0.1, 0.15) is 6.26 Å². The zero-order valence-corrected chi connectivity index (χ0v) is 13.6. The molecule has 0 aliphatic carbocycles. The molecular weight excluding hydrogens is 332 g/mol. The van der Waals surface area contributed by atoms with Gasteiger partial charge in [-0.05, 0) is 33.7 Å². The Morgan fingerprint density at radius 1 is 1.39 bits per heavy atom. The smallest absolute Gasteiger partial charge is 0.227 e. The molecule has 3 aromatic rings. The number of imidazole rings is 1. The molecule has 2 heterocycles. The van der Waals surface area contributed by atoms with Crippen molar-refractivity contribution in [3.8, 4) is 11.5 Å². The van der Waals surface area contributed by atoms with Gasteiger partial charge in [0, 0.05) is 23.2 Å². The summed E-state index contributed by atoms with van der Waals surface area (Å²) in [6.07, 6.45) is 6.79. The van der Waals surface area contributed by atoms with Crippen molar-refractivity contribution in [2.45, 2.75) is 17.4 Å². The molecule has 118 valence electrons. The van der Waals surface area contributed by atoms with Crippen molar-refractivity contribution in [3.63, 3.8) is 0 Å². The average Bonchev–Trinajstić information content (AvgIpc) is 3.26. The quantitative estimate of drug-likeness (QED) is 0.662. The SMILES string of the molecule is N[C@@H](Cc1cnc[nH]1)C(=O)SSc1ccccc1-c1ncco1. The zero-order chi connectivity index (χ0) is 16.1. The Labute approximate surface area is 140 Å². The molecule has 0 amide bonds. The van der Waals surface area contributed by atoms with Gasteiger partial charge in [-0.15, -0.1) is 0 Å². The lowest BCUT2D eigenvalue weighted by Gasteiger charge is -2.09. The molecule has 0 bridgehead atoms. The van der Waals surface area contributed by atoms with E-state index in [4.69, 9.17) is 10.2 Å². The normalized spacial score (nSPS) is 12.2. The molecule has 3 N–H and O–H groups in total. The Morgan fingerprint density at radius 2 is 2.26 bits per heavy atom. The van der Waals surface area contributed by atoms with Crippen LogP contribution in [-0.4, -0.2) is 26.1 Å². The summed E-state index contributed by atoms with van der Waals surface area (Å²) in [5.41, 5.74) is 7.64. The van der Waals surface area contributed by atoms with Crippen molar-refractivity contribution in [1.82, 2.24) is 15.0 Å². The highest BCUT2D eigenvalue weighted by molar-refractivity contribution is 8.82. The first kappa shape index (κ1) is 15.9. The van der Waals surface area contributed by atoms with E-state index in [1.807, 2.05) is 24.3 Å². The van der Waals surface area contributed by atoms with Crippen molar-refractivity contribution >= 4 is 26.7 Å². The number of oxazole rings is 1. The first-order valence-electron chi connectivity index (χ1n) is 6.84. The third-order valence-electron chi connectivity index (χ3n) is 3.06. The summed E-state index contributed by atoms with van der Waals surface area (Å²) in [5, 5.41) is -0.0909. The van der Waals surface area contributed by atoms with Crippen LogP contribution in [0.3, 0.4) is 0 Å². The third kappa shape index (κ3) is 4.04. The number of rotatable bonds is 6. The minimum atomic E-state index is -0.582. The second kappa shape index (κ2) is 7.49.